The van der Waals surface area contributed by atoms with Crippen LogP contribution in [0.3, 0.4) is 0 Å². The normalized spacial score (nSPS) is 12.9. The lowest BCUT2D eigenvalue weighted by Gasteiger charge is -2.20. The molecule has 0 bridgehead atoms. The molecule has 0 saturated carbocycles. The van der Waals surface area contributed by atoms with Crippen molar-refractivity contribution < 1.29 is 27.1 Å². The van der Waals surface area contributed by atoms with E-state index in [9.17, 15) is 22.4 Å². The van der Waals surface area contributed by atoms with Crippen molar-refractivity contribution in [1.82, 2.24) is 5.32 Å². The molecule has 6 nitrogen and oxygen atoms in total. The third-order valence-electron chi connectivity index (χ3n) is 4.18. The van der Waals surface area contributed by atoms with Gasteiger partial charge in [-0.1, -0.05) is 22.0 Å². The fraction of sp³-hybridized carbons (Fsp3) is 0.333. The van der Waals surface area contributed by atoms with Crippen LogP contribution >= 0.6 is 15.9 Å². The SMILES string of the molecule is CC(c1ccc(C(=O)c2ccc(F)cc2)c(Br)c1)S(=O)(=O)COC(=O)NC(C)(C)C. The van der Waals surface area contributed by atoms with Gasteiger partial charge in [-0.3, -0.25) is 4.79 Å². The van der Waals surface area contributed by atoms with Crippen LogP contribution in [0.4, 0.5) is 9.18 Å². The number of benzene rings is 2. The molecule has 2 aromatic rings. The summed E-state index contributed by atoms with van der Waals surface area (Å²) in [6.07, 6.45) is -0.820. The maximum Gasteiger partial charge on any atom is 0.408 e. The molecule has 0 aliphatic heterocycles. The number of hydrogen-bond acceptors (Lipinski definition) is 5. The Kier molecular flexibility index (Phi) is 7.41. The lowest BCUT2D eigenvalue weighted by atomic mass is 10.0. The Morgan fingerprint density at radius 2 is 1.73 bits per heavy atom. The van der Waals surface area contributed by atoms with E-state index in [1.165, 1.54) is 49.4 Å². The van der Waals surface area contributed by atoms with Gasteiger partial charge in [-0.25, -0.2) is 17.6 Å². The quantitative estimate of drug-likeness (QED) is 0.577. The van der Waals surface area contributed by atoms with E-state index in [1.807, 2.05) is 0 Å². The number of ether oxygens (including phenoxy) is 1. The standard InChI is InChI=1S/C21H23BrFNO5S/c1-13(30(27,28)12-29-20(26)24-21(2,3)4)15-7-10-17(18(22)11-15)19(25)14-5-8-16(23)9-6-14/h5-11,13H,12H2,1-4H3,(H,24,26). The molecule has 2 rings (SSSR count). The summed E-state index contributed by atoms with van der Waals surface area (Å²) in [5, 5.41) is 1.56. The molecule has 0 radical (unpaired) electrons. The fourth-order valence-electron chi connectivity index (χ4n) is 2.51. The first-order chi connectivity index (χ1) is 13.8. The maximum absolute atomic E-state index is 13.1. The molecule has 0 saturated heterocycles. The molecule has 0 aliphatic carbocycles. The van der Waals surface area contributed by atoms with E-state index in [0.717, 1.165) is 0 Å². The molecule has 1 unspecified atom stereocenters. The van der Waals surface area contributed by atoms with Crippen molar-refractivity contribution in [2.75, 3.05) is 5.94 Å². The van der Waals surface area contributed by atoms with Crippen LogP contribution in [0.1, 0.15) is 54.4 Å². The van der Waals surface area contributed by atoms with Crippen molar-refractivity contribution in [3.8, 4) is 0 Å². The minimum Gasteiger partial charge on any atom is -0.433 e. The number of amides is 1. The van der Waals surface area contributed by atoms with Gasteiger partial charge in [0.05, 0.1) is 5.25 Å². The van der Waals surface area contributed by atoms with Gasteiger partial charge in [0, 0.05) is 21.1 Å². The van der Waals surface area contributed by atoms with E-state index >= 15 is 0 Å². The Morgan fingerprint density at radius 3 is 2.27 bits per heavy atom. The summed E-state index contributed by atoms with van der Waals surface area (Å²) in [7, 11) is -3.80. The Balaban J connectivity index is 2.15. The molecule has 1 N–H and O–H groups in total. The van der Waals surface area contributed by atoms with E-state index in [1.54, 1.807) is 20.8 Å². The topological polar surface area (TPSA) is 89.5 Å². The second kappa shape index (κ2) is 9.26. The predicted molar refractivity (Wildman–Crippen MR) is 116 cm³/mol. The van der Waals surface area contributed by atoms with Crippen molar-refractivity contribution in [2.45, 2.75) is 38.5 Å². The van der Waals surface area contributed by atoms with Gasteiger partial charge in [0.1, 0.15) is 5.82 Å². The van der Waals surface area contributed by atoms with Crippen LogP contribution in [0.25, 0.3) is 0 Å². The lowest BCUT2D eigenvalue weighted by Crippen LogP contribution is -2.41. The van der Waals surface area contributed by atoms with Crippen molar-refractivity contribution in [3.05, 3.63) is 69.4 Å². The molecule has 0 fully saturated rings. The summed E-state index contributed by atoms with van der Waals surface area (Å²) in [4.78, 5) is 24.3. The third kappa shape index (κ3) is 6.37. The smallest absolute Gasteiger partial charge is 0.408 e. The van der Waals surface area contributed by atoms with Crippen LogP contribution in [-0.2, 0) is 14.6 Å². The van der Waals surface area contributed by atoms with Gasteiger partial charge >= 0.3 is 6.09 Å². The Bertz CT molecular complexity index is 1050. The molecule has 1 amide bonds. The van der Waals surface area contributed by atoms with Gasteiger partial charge in [0.25, 0.3) is 0 Å². The summed E-state index contributed by atoms with van der Waals surface area (Å²) in [5.74, 6) is -1.55. The van der Waals surface area contributed by atoms with E-state index in [4.69, 9.17) is 4.74 Å². The van der Waals surface area contributed by atoms with Crippen molar-refractivity contribution in [3.63, 3.8) is 0 Å². The van der Waals surface area contributed by atoms with E-state index in [2.05, 4.69) is 21.2 Å². The van der Waals surface area contributed by atoms with E-state index in [0.29, 0.717) is 21.2 Å². The van der Waals surface area contributed by atoms with Crippen LogP contribution < -0.4 is 5.32 Å². The zero-order valence-electron chi connectivity index (χ0n) is 17.0. The largest absolute Gasteiger partial charge is 0.433 e. The number of nitrogens with one attached hydrogen (secondary N) is 1. The number of halogens is 2. The summed E-state index contributed by atoms with van der Waals surface area (Å²) in [6.45, 7) is 6.72. The van der Waals surface area contributed by atoms with Crippen LogP contribution in [-0.4, -0.2) is 31.8 Å². The van der Waals surface area contributed by atoms with Gasteiger partial charge in [-0.2, -0.15) is 0 Å². The van der Waals surface area contributed by atoms with Crippen LogP contribution in [0.5, 0.6) is 0 Å². The average molecular weight is 500 g/mol. The Labute approximate surface area is 183 Å². The molecular formula is C21H23BrFNO5S. The number of sulfone groups is 1. The third-order valence-corrected chi connectivity index (χ3v) is 6.64. The number of rotatable bonds is 6. The highest BCUT2D eigenvalue weighted by atomic mass is 79.9. The van der Waals surface area contributed by atoms with Crippen molar-refractivity contribution >= 4 is 37.6 Å². The monoisotopic (exact) mass is 499 g/mol. The van der Waals surface area contributed by atoms with Gasteiger partial charge in [-0.15, -0.1) is 0 Å². The van der Waals surface area contributed by atoms with Gasteiger partial charge < -0.3 is 10.1 Å². The molecule has 9 heteroatoms. The molecule has 0 aliphatic rings. The molecule has 0 aromatic heterocycles. The first-order valence-electron chi connectivity index (χ1n) is 9.06. The number of alkyl carbamates (subject to hydrolysis) is 1. The van der Waals surface area contributed by atoms with Gasteiger partial charge in [-0.05, 0) is 69.7 Å². The lowest BCUT2D eigenvalue weighted by molar-refractivity contribution is 0.103. The molecule has 0 heterocycles. The Morgan fingerprint density at radius 1 is 1.13 bits per heavy atom. The zero-order chi connectivity index (χ0) is 22.7. The van der Waals surface area contributed by atoms with E-state index in [-0.39, 0.29) is 5.78 Å². The number of hydrogen-bond donors (Lipinski definition) is 1. The summed E-state index contributed by atoms with van der Waals surface area (Å²) < 4.78 is 43.4. The zero-order valence-corrected chi connectivity index (χ0v) is 19.4. The highest BCUT2D eigenvalue weighted by Crippen LogP contribution is 2.29. The minimum absolute atomic E-state index is 0.309. The minimum atomic E-state index is -3.80. The summed E-state index contributed by atoms with van der Waals surface area (Å²) >= 11 is 3.30. The first-order valence-corrected chi connectivity index (χ1v) is 11.6. The van der Waals surface area contributed by atoms with Crippen LogP contribution in [0.2, 0.25) is 0 Å². The molecule has 1 atom stereocenters. The predicted octanol–water partition coefficient (Wildman–Crippen LogP) is 4.78. The molecular weight excluding hydrogens is 477 g/mol. The van der Waals surface area contributed by atoms with Crippen molar-refractivity contribution in [1.29, 1.82) is 0 Å². The van der Waals surface area contributed by atoms with Gasteiger partial charge in [0.15, 0.2) is 21.6 Å². The maximum atomic E-state index is 13.1. The molecule has 162 valence electrons. The first kappa shape index (κ1) is 24.0. The number of carbonyl (C=O) groups is 2. The molecule has 2 aromatic carbocycles. The second-order valence-electron chi connectivity index (χ2n) is 7.81. The van der Waals surface area contributed by atoms with Crippen molar-refractivity contribution in [2.24, 2.45) is 0 Å². The highest BCUT2D eigenvalue weighted by molar-refractivity contribution is 9.10. The number of ketones is 1. The van der Waals surface area contributed by atoms with E-state index < -0.39 is 38.5 Å². The second-order valence-corrected chi connectivity index (χ2v) is 10.9. The highest BCUT2D eigenvalue weighted by Gasteiger charge is 2.26. The Hall–Kier alpha value is -2.26. The van der Waals surface area contributed by atoms with Crippen LogP contribution in [0.15, 0.2) is 46.9 Å². The summed E-state index contributed by atoms with van der Waals surface area (Å²) in [6, 6.07) is 9.72. The molecule has 0 spiro atoms. The molecule has 30 heavy (non-hydrogen) atoms. The summed E-state index contributed by atoms with van der Waals surface area (Å²) in [5.41, 5.74) is 0.501. The van der Waals surface area contributed by atoms with Crippen LogP contribution in [0, 0.1) is 5.82 Å². The average Bonchev–Trinajstić information content (AvgIpc) is 2.64. The fourth-order valence-corrected chi connectivity index (χ4v) is 4.13. The van der Waals surface area contributed by atoms with Gasteiger partial charge in [0.2, 0.25) is 0 Å². The number of carbonyl (C=O) groups excluding carboxylic acids is 2.